The molecule has 0 aromatic heterocycles. The summed E-state index contributed by atoms with van der Waals surface area (Å²) in [5.41, 5.74) is 1.90. The number of hydrogen-bond donors (Lipinski definition) is 0. The molecule has 1 amide bonds. The van der Waals surface area contributed by atoms with Crippen LogP contribution in [0, 0.1) is 24.2 Å². The molecule has 6 heteroatoms. The number of hydrogen-bond acceptors (Lipinski definition) is 5. The van der Waals surface area contributed by atoms with E-state index in [4.69, 9.17) is 18.9 Å². The normalized spacial score (nSPS) is 35.6. The lowest BCUT2D eigenvalue weighted by Crippen LogP contribution is -2.48. The third-order valence-electron chi connectivity index (χ3n) is 7.73. The molecule has 1 aliphatic carbocycles. The fraction of sp³-hybridized carbons (Fsp3) is 0.708. The van der Waals surface area contributed by atoms with Gasteiger partial charge in [0.05, 0.1) is 30.8 Å². The van der Waals surface area contributed by atoms with Gasteiger partial charge >= 0.3 is 0 Å². The molecule has 5 atom stereocenters. The zero-order valence-electron chi connectivity index (χ0n) is 18.1. The van der Waals surface area contributed by atoms with Gasteiger partial charge in [-0.25, -0.2) is 0 Å². The van der Waals surface area contributed by atoms with E-state index < -0.39 is 0 Å². The van der Waals surface area contributed by atoms with E-state index >= 15 is 0 Å². The van der Waals surface area contributed by atoms with E-state index in [1.54, 1.807) is 7.11 Å². The SMILES string of the molecule is CO[C@@H]1COCC[C@@H]1C[C@@H]1C[C@H]2OCC[C@@]2(C(=O)N2COc3ccc(C)cc3C2)C1. The summed E-state index contributed by atoms with van der Waals surface area (Å²) in [6, 6.07) is 6.20. The molecule has 3 heterocycles. The molecular weight excluding hydrogens is 382 g/mol. The number of rotatable bonds is 4. The fourth-order valence-electron chi connectivity index (χ4n) is 6.17. The third kappa shape index (κ3) is 3.53. The zero-order valence-corrected chi connectivity index (χ0v) is 18.1. The Bertz CT molecular complexity index is 798. The van der Waals surface area contributed by atoms with Crippen molar-refractivity contribution in [3.8, 4) is 5.75 Å². The highest BCUT2D eigenvalue weighted by atomic mass is 16.5. The van der Waals surface area contributed by atoms with Gasteiger partial charge in [-0.2, -0.15) is 0 Å². The smallest absolute Gasteiger partial charge is 0.234 e. The van der Waals surface area contributed by atoms with Crippen LogP contribution < -0.4 is 4.74 Å². The average Bonchev–Trinajstić information content (AvgIpc) is 3.31. The molecule has 2 saturated heterocycles. The first-order valence-corrected chi connectivity index (χ1v) is 11.3. The summed E-state index contributed by atoms with van der Waals surface area (Å²) in [6.07, 6.45) is 5.06. The summed E-state index contributed by atoms with van der Waals surface area (Å²) in [5, 5.41) is 0. The first kappa shape index (κ1) is 20.3. The van der Waals surface area contributed by atoms with E-state index in [9.17, 15) is 4.79 Å². The maximum atomic E-state index is 13.8. The topological polar surface area (TPSA) is 57.2 Å². The van der Waals surface area contributed by atoms with Crippen LogP contribution in [-0.4, -0.2) is 56.7 Å². The van der Waals surface area contributed by atoms with Gasteiger partial charge in [0.2, 0.25) is 5.91 Å². The van der Waals surface area contributed by atoms with Crippen LogP contribution >= 0.6 is 0 Å². The van der Waals surface area contributed by atoms with Crippen LogP contribution in [-0.2, 0) is 25.5 Å². The molecule has 0 unspecified atom stereocenters. The first-order valence-electron chi connectivity index (χ1n) is 11.3. The summed E-state index contributed by atoms with van der Waals surface area (Å²) >= 11 is 0. The van der Waals surface area contributed by atoms with Crippen LogP contribution in [0.3, 0.4) is 0 Å². The van der Waals surface area contributed by atoms with Gasteiger partial charge < -0.3 is 23.8 Å². The van der Waals surface area contributed by atoms with Crippen molar-refractivity contribution in [3.05, 3.63) is 29.3 Å². The summed E-state index contributed by atoms with van der Waals surface area (Å²) < 4.78 is 23.3. The van der Waals surface area contributed by atoms with Gasteiger partial charge in [0, 0.05) is 25.9 Å². The molecule has 6 nitrogen and oxygen atoms in total. The van der Waals surface area contributed by atoms with Crippen molar-refractivity contribution in [2.45, 2.75) is 57.8 Å². The molecular formula is C24H33NO5. The molecule has 30 heavy (non-hydrogen) atoms. The van der Waals surface area contributed by atoms with Crippen LogP contribution in [0.5, 0.6) is 5.75 Å². The van der Waals surface area contributed by atoms with Crippen LogP contribution in [0.2, 0.25) is 0 Å². The second kappa shape index (κ2) is 8.13. The van der Waals surface area contributed by atoms with Crippen molar-refractivity contribution in [1.29, 1.82) is 0 Å². The Morgan fingerprint density at radius 2 is 2.23 bits per heavy atom. The Balaban J connectivity index is 1.30. The Kier molecular flexibility index (Phi) is 5.50. The Labute approximate surface area is 178 Å². The summed E-state index contributed by atoms with van der Waals surface area (Å²) in [6.45, 7) is 5.21. The van der Waals surface area contributed by atoms with Crippen LogP contribution in [0.25, 0.3) is 0 Å². The molecule has 5 rings (SSSR count). The Hall–Kier alpha value is -1.63. The van der Waals surface area contributed by atoms with Crippen molar-refractivity contribution in [1.82, 2.24) is 4.90 Å². The van der Waals surface area contributed by atoms with Gasteiger partial charge in [0.25, 0.3) is 0 Å². The molecule has 0 N–H and O–H groups in total. The van der Waals surface area contributed by atoms with E-state index in [1.807, 2.05) is 11.0 Å². The number of nitrogens with zero attached hydrogens (tertiary/aromatic N) is 1. The highest BCUT2D eigenvalue weighted by Crippen LogP contribution is 2.53. The standard InChI is InChI=1S/C24H33NO5/c1-16-3-4-20-19(9-16)13-25(15-30-20)23(26)24-6-8-29-22(24)11-17(12-24)10-18-5-7-28-14-21(18)27-2/h3-4,9,17-18,21-22H,5-8,10-15H2,1-2H3/t17-,18-,21-,22-,24-/m1/s1. The predicted molar refractivity (Wildman–Crippen MR) is 111 cm³/mol. The Morgan fingerprint density at radius 3 is 3.10 bits per heavy atom. The molecule has 0 spiro atoms. The third-order valence-corrected chi connectivity index (χ3v) is 7.73. The number of amides is 1. The van der Waals surface area contributed by atoms with Gasteiger partial charge in [-0.05, 0) is 56.9 Å². The number of fused-ring (bicyclic) bond motifs is 2. The maximum absolute atomic E-state index is 13.8. The number of benzene rings is 1. The van der Waals surface area contributed by atoms with Gasteiger partial charge in [0.1, 0.15) is 5.75 Å². The van der Waals surface area contributed by atoms with E-state index in [2.05, 4.69) is 19.1 Å². The second-order valence-corrected chi connectivity index (χ2v) is 9.59. The second-order valence-electron chi connectivity index (χ2n) is 9.59. The molecule has 1 aromatic carbocycles. The minimum Gasteiger partial charge on any atom is -0.473 e. The average molecular weight is 416 g/mol. The quantitative estimate of drug-likeness (QED) is 0.755. The molecule has 1 aromatic rings. The summed E-state index contributed by atoms with van der Waals surface area (Å²) in [7, 11) is 1.78. The van der Waals surface area contributed by atoms with Gasteiger partial charge in [-0.1, -0.05) is 17.7 Å². The van der Waals surface area contributed by atoms with Gasteiger partial charge in [-0.15, -0.1) is 0 Å². The van der Waals surface area contributed by atoms with Crippen LogP contribution in [0.15, 0.2) is 18.2 Å². The lowest BCUT2D eigenvalue weighted by Gasteiger charge is -2.37. The summed E-state index contributed by atoms with van der Waals surface area (Å²) in [4.78, 5) is 15.7. The van der Waals surface area contributed by atoms with Crippen molar-refractivity contribution in [2.24, 2.45) is 17.3 Å². The minimum absolute atomic E-state index is 0.0368. The van der Waals surface area contributed by atoms with Crippen molar-refractivity contribution < 1.29 is 23.7 Å². The largest absolute Gasteiger partial charge is 0.473 e. The molecule has 0 radical (unpaired) electrons. The van der Waals surface area contributed by atoms with Crippen molar-refractivity contribution >= 4 is 5.91 Å². The number of aryl methyl sites for hydroxylation is 1. The number of methoxy groups -OCH3 is 1. The van der Waals surface area contributed by atoms with Crippen LogP contribution in [0.1, 0.15) is 43.2 Å². The number of carbonyl (C=O) groups excluding carboxylic acids is 1. The monoisotopic (exact) mass is 415 g/mol. The maximum Gasteiger partial charge on any atom is 0.234 e. The number of carbonyl (C=O) groups is 1. The Morgan fingerprint density at radius 1 is 1.33 bits per heavy atom. The van der Waals surface area contributed by atoms with E-state index in [0.29, 0.717) is 38.3 Å². The minimum atomic E-state index is -0.386. The van der Waals surface area contributed by atoms with Gasteiger partial charge in [0.15, 0.2) is 6.73 Å². The molecule has 3 fully saturated rings. The lowest BCUT2D eigenvalue weighted by atomic mass is 9.78. The van der Waals surface area contributed by atoms with Crippen molar-refractivity contribution in [2.75, 3.05) is 33.7 Å². The first-order chi connectivity index (χ1) is 14.6. The number of ether oxygens (including phenoxy) is 4. The molecule has 164 valence electrons. The predicted octanol–water partition coefficient (Wildman–Crippen LogP) is 3.30. The van der Waals surface area contributed by atoms with E-state index in [0.717, 1.165) is 50.0 Å². The van der Waals surface area contributed by atoms with E-state index in [1.165, 1.54) is 5.56 Å². The van der Waals surface area contributed by atoms with E-state index in [-0.39, 0.29) is 23.5 Å². The van der Waals surface area contributed by atoms with Gasteiger partial charge in [-0.3, -0.25) is 4.79 Å². The van der Waals surface area contributed by atoms with Crippen LogP contribution in [0.4, 0.5) is 0 Å². The highest BCUT2D eigenvalue weighted by Gasteiger charge is 2.57. The summed E-state index contributed by atoms with van der Waals surface area (Å²) in [5.74, 6) is 2.12. The highest BCUT2D eigenvalue weighted by molar-refractivity contribution is 5.84. The molecule has 1 saturated carbocycles. The lowest BCUT2D eigenvalue weighted by molar-refractivity contribution is -0.149. The fourth-order valence-corrected chi connectivity index (χ4v) is 6.17. The molecule has 3 aliphatic heterocycles. The molecule has 0 bridgehead atoms. The van der Waals surface area contributed by atoms with Crippen molar-refractivity contribution in [3.63, 3.8) is 0 Å². The molecule has 4 aliphatic rings. The zero-order chi connectivity index (χ0) is 20.7.